The molecule has 1 unspecified atom stereocenters. The van der Waals surface area contributed by atoms with E-state index in [9.17, 15) is 4.57 Å². The lowest BCUT2D eigenvalue weighted by molar-refractivity contribution is 0.153. The highest BCUT2D eigenvalue weighted by atomic mass is 31.2. The smallest absolute Gasteiger partial charge is 0.323 e. The van der Waals surface area contributed by atoms with Crippen LogP contribution >= 0.6 is 7.82 Å². The minimum absolute atomic E-state index is 0.0849. The monoisotopic (exact) mass is 409 g/mol. The van der Waals surface area contributed by atoms with Crippen LogP contribution in [0, 0.1) is 5.92 Å². The molecule has 158 valence electrons. The summed E-state index contributed by atoms with van der Waals surface area (Å²) in [6.07, 6.45) is 12.8. The lowest BCUT2D eigenvalue weighted by Crippen LogP contribution is -2.41. The molecule has 0 radical (unpaired) electrons. The van der Waals surface area contributed by atoms with E-state index in [0.29, 0.717) is 12.3 Å². The molecule has 0 bridgehead atoms. The number of hydrogen-bond donors (Lipinski definition) is 3. The van der Waals surface area contributed by atoms with Gasteiger partial charge in [-0.2, -0.15) is 0 Å². The highest BCUT2D eigenvalue weighted by Crippen LogP contribution is 2.44. The number of phosphoric ester groups is 1. The number of phosphoric acid groups is 1. The van der Waals surface area contributed by atoms with Crippen LogP contribution in [0.1, 0.15) is 87.3 Å². The van der Waals surface area contributed by atoms with Crippen molar-refractivity contribution in [2.24, 2.45) is 11.7 Å². The highest BCUT2D eigenvalue weighted by molar-refractivity contribution is 7.46. The first-order chi connectivity index (χ1) is 13.3. The molecule has 0 saturated heterocycles. The summed E-state index contributed by atoms with van der Waals surface area (Å²) < 4.78 is 15.7. The van der Waals surface area contributed by atoms with Gasteiger partial charge in [-0.15, -0.1) is 0 Å². The molecule has 2 aliphatic rings. The summed E-state index contributed by atoms with van der Waals surface area (Å²) >= 11 is 0. The van der Waals surface area contributed by atoms with Crippen molar-refractivity contribution in [1.82, 2.24) is 0 Å². The van der Waals surface area contributed by atoms with Crippen molar-refractivity contribution in [3.63, 3.8) is 0 Å². The van der Waals surface area contributed by atoms with Crippen molar-refractivity contribution in [2.75, 3.05) is 6.61 Å². The van der Waals surface area contributed by atoms with E-state index in [1.54, 1.807) is 0 Å². The second-order valence-electron chi connectivity index (χ2n) is 9.05. The Balaban J connectivity index is 1.56. The number of rotatable bonds is 9. The molecule has 0 heterocycles. The molecule has 6 heteroatoms. The van der Waals surface area contributed by atoms with Crippen LogP contribution in [-0.2, 0) is 21.9 Å². The van der Waals surface area contributed by atoms with E-state index in [2.05, 4.69) is 25.1 Å². The second-order valence-corrected chi connectivity index (χ2v) is 10.3. The first kappa shape index (κ1) is 22.0. The lowest BCUT2D eigenvalue weighted by atomic mass is 9.79. The molecule has 3 atom stereocenters. The predicted octanol–water partition coefficient (Wildman–Crippen LogP) is 4.84. The van der Waals surface area contributed by atoms with E-state index in [0.717, 1.165) is 18.8 Å². The summed E-state index contributed by atoms with van der Waals surface area (Å²) in [5.41, 5.74) is 10.0. The van der Waals surface area contributed by atoms with E-state index < -0.39 is 13.4 Å². The average Bonchev–Trinajstić information content (AvgIpc) is 3.05. The Morgan fingerprint density at radius 2 is 2.04 bits per heavy atom. The van der Waals surface area contributed by atoms with Crippen molar-refractivity contribution in [1.29, 1.82) is 0 Å². The normalized spacial score (nSPS) is 27.7. The number of benzene rings is 1. The van der Waals surface area contributed by atoms with Gasteiger partial charge in [0.15, 0.2) is 0 Å². The highest BCUT2D eigenvalue weighted by Gasteiger charge is 2.38. The van der Waals surface area contributed by atoms with Gasteiger partial charge in [-0.05, 0) is 67.1 Å². The Bertz CT molecular complexity index is 704. The van der Waals surface area contributed by atoms with Gasteiger partial charge >= 0.3 is 7.82 Å². The van der Waals surface area contributed by atoms with Gasteiger partial charge in [0.05, 0.1) is 6.61 Å². The molecule has 5 nitrogen and oxygen atoms in total. The number of aryl methyl sites for hydroxylation is 1. The largest absolute Gasteiger partial charge is 0.469 e. The van der Waals surface area contributed by atoms with Gasteiger partial charge < -0.3 is 15.5 Å². The lowest BCUT2D eigenvalue weighted by Gasteiger charge is -2.27. The van der Waals surface area contributed by atoms with E-state index in [1.807, 2.05) is 0 Å². The van der Waals surface area contributed by atoms with Crippen LogP contribution in [0.2, 0.25) is 0 Å². The predicted molar refractivity (Wildman–Crippen MR) is 112 cm³/mol. The van der Waals surface area contributed by atoms with Gasteiger partial charge in [-0.25, -0.2) is 4.57 Å². The van der Waals surface area contributed by atoms with E-state index in [-0.39, 0.29) is 6.61 Å². The summed E-state index contributed by atoms with van der Waals surface area (Å²) in [6, 6.07) is 6.92. The Morgan fingerprint density at radius 1 is 1.21 bits per heavy atom. The first-order valence-corrected chi connectivity index (χ1v) is 12.4. The van der Waals surface area contributed by atoms with E-state index in [1.165, 1.54) is 68.1 Å². The van der Waals surface area contributed by atoms with Gasteiger partial charge in [0.1, 0.15) is 0 Å². The Hall–Kier alpha value is -0.710. The fourth-order valence-electron chi connectivity index (χ4n) is 5.00. The Morgan fingerprint density at radius 3 is 2.79 bits per heavy atom. The summed E-state index contributed by atoms with van der Waals surface area (Å²) in [4.78, 5) is 17.9. The molecular weight excluding hydrogens is 373 g/mol. The first-order valence-electron chi connectivity index (χ1n) is 10.9. The SMILES string of the molecule is CCCCCCC1CCc2cc([C@@H]3CC[C@](N)(COP(=O)(O)O)C3)ccc2C1. The molecule has 0 amide bonds. The van der Waals surface area contributed by atoms with Crippen molar-refractivity contribution in [3.8, 4) is 0 Å². The fourth-order valence-corrected chi connectivity index (χ4v) is 5.42. The van der Waals surface area contributed by atoms with Crippen LogP contribution in [0.25, 0.3) is 0 Å². The van der Waals surface area contributed by atoms with Crippen LogP contribution in [0.5, 0.6) is 0 Å². The fraction of sp³-hybridized carbons (Fsp3) is 0.727. The molecule has 3 rings (SSSR count). The second kappa shape index (κ2) is 9.40. The number of fused-ring (bicyclic) bond motifs is 1. The maximum atomic E-state index is 11.0. The third kappa shape index (κ3) is 6.14. The van der Waals surface area contributed by atoms with Crippen LogP contribution in [0.3, 0.4) is 0 Å². The quantitative estimate of drug-likeness (QED) is 0.401. The molecule has 0 aromatic heterocycles. The minimum Gasteiger partial charge on any atom is -0.323 e. The number of unbranched alkanes of at least 4 members (excludes halogenated alkanes) is 3. The van der Waals surface area contributed by atoms with Crippen molar-refractivity contribution >= 4 is 7.82 Å². The molecule has 0 aliphatic heterocycles. The van der Waals surface area contributed by atoms with E-state index in [4.69, 9.17) is 20.0 Å². The zero-order valence-corrected chi connectivity index (χ0v) is 18.0. The maximum Gasteiger partial charge on any atom is 0.469 e. The van der Waals surface area contributed by atoms with Crippen molar-refractivity contribution < 1.29 is 18.9 Å². The molecule has 28 heavy (non-hydrogen) atoms. The van der Waals surface area contributed by atoms with Gasteiger partial charge in [-0.1, -0.05) is 57.2 Å². The van der Waals surface area contributed by atoms with Crippen LogP contribution < -0.4 is 5.73 Å². The molecular formula is C22H36NO4P. The number of nitrogens with two attached hydrogens (primary N) is 1. The van der Waals surface area contributed by atoms with Gasteiger partial charge in [0.25, 0.3) is 0 Å². The van der Waals surface area contributed by atoms with Crippen LogP contribution in [0.4, 0.5) is 0 Å². The summed E-state index contributed by atoms with van der Waals surface area (Å²) in [5, 5.41) is 0. The Kier molecular flexibility index (Phi) is 7.38. The Labute approximate surface area is 169 Å². The summed E-state index contributed by atoms with van der Waals surface area (Å²) in [7, 11) is -4.47. The van der Waals surface area contributed by atoms with Crippen LogP contribution in [0.15, 0.2) is 18.2 Å². The molecule has 4 N–H and O–H groups in total. The van der Waals surface area contributed by atoms with Crippen molar-refractivity contribution in [2.45, 2.75) is 89.0 Å². The zero-order chi connectivity index (χ0) is 20.2. The van der Waals surface area contributed by atoms with Crippen LogP contribution in [-0.4, -0.2) is 21.9 Å². The summed E-state index contributed by atoms with van der Waals surface area (Å²) in [6.45, 7) is 2.18. The minimum atomic E-state index is -4.47. The van der Waals surface area contributed by atoms with E-state index >= 15 is 0 Å². The molecule has 1 aromatic carbocycles. The summed E-state index contributed by atoms with van der Waals surface area (Å²) in [5.74, 6) is 1.19. The molecule has 0 spiro atoms. The molecule has 1 saturated carbocycles. The van der Waals surface area contributed by atoms with Gasteiger partial charge in [0.2, 0.25) is 0 Å². The third-order valence-corrected chi connectivity index (χ3v) is 7.13. The zero-order valence-electron chi connectivity index (χ0n) is 17.1. The maximum absolute atomic E-state index is 11.0. The molecule has 1 fully saturated rings. The third-order valence-electron chi connectivity index (χ3n) is 6.66. The van der Waals surface area contributed by atoms with Crippen molar-refractivity contribution in [3.05, 3.63) is 34.9 Å². The molecule has 1 aromatic rings. The number of hydrogen-bond acceptors (Lipinski definition) is 3. The molecule has 2 aliphatic carbocycles. The topological polar surface area (TPSA) is 92.8 Å². The average molecular weight is 410 g/mol. The van der Waals surface area contributed by atoms with Gasteiger partial charge in [-0.3, -0.25) is 4.52 Å². The standard InChI is InChI=1S/C22H36NO4P/c1-2-3-4-5-6-17-7-8-19-14-20(10-9-18(19)13-17)21-11-12-22(23,15-21)16-27-28(24,25)26/h9-10,14,17,21H,2-8,11-13,15-16,23H2,1H3,(H2,24,25,26)/t17?,21-,22-/m1/s1. The van der Waals surface area contributed by atoms with Gasteiger partial charge in [0, 0.05) is 5.54 Å².